The third kappa shape index (κ3) is 7.34. The van der Waals surface area contributed by atoms with Crippen LogP contribution in [0.3, 0.4) is 0 Å². The standard InChI is InChI=1S/C20H32N4O2S/c1-16(2)15-24-13-10-18(11-14-24)23-20(21-3)22-12-9-17-5-7-19(8-6-17)27(4,25)26/h5-8,18H,1,9-15H2,2-4H3,(H2,21,22,23). The van der Waals surface area contributed by atoms with Gasteiger partial charge in [-0.3, -0.25) is 9.89 Å². The molecule has 1 aromatic carbocycles. The summed E-state index contributed by atoms with van der Waals surface area (Å²) >= 11 is 0. The van der Waals surface area contributed by atoms with Gasteiger partial charge in [-0.2, -0.15) is 0 Å². The molecule has 0 spiro atoms. The highest BCUT2D eigenvalue weighted by Crippen LogP contribution is 2.12. The van der Waals surface area contributed by atoms with Crippen molar-refractivity contribution in [3.8, 4) is 0 Å². The first-order valence-corrected chi connectivity index (χ1v) is 11.3. The molecule has 0 unspecified atom stereocenters. The molecule has 0 saturated carbocycles. The first-order valence-electron chi connectivity index (χ1n) is 9.41. The van der Waals surface area contributed by atoms with Crippen LogP contribution in [0, 0.1) is 0 Å². The molecule has 1 heterocycles. The molecule has 2 N–H and O–H groups in total. The minimum atomic E-state index is -3.14. The van der Waals surface area contributed by atoms with Crippen molar-refractivity contribution in [1.82, 2.24) is 15.5 Å². The first-order chi connectivity index (χ1) is 12.8. The number of nitrogens with zero attached hydrogens (tertiary/aromatic N) is 2. The number of piperidine rings is 1. The van der Waals surface area contributed by atoms with Crippen LogP contribution in [-0.2, 0) is 16.3 Å². The van der Waals surface area contributed by atoms with Crippen molar-refractivity contribution in [2.75, 3.05) is 39.5 Å². The Labute approximate surface area is 163 Å². The Balaban J connectivity index is 1.74. The molecule has 0 radical (unpaired) electrons. The summed E-state index contributed by atoms with van der Waals surface area (Å²) in [4.78, 5) is 7.11. The van der Waals surface area contributed by atoms with E-state index in [0.717, 1.165) is 57.0 Å². The third-order valence-corrected chi connectivity index (χ3v) is 5.83. The van der Waals surface area contributed by atoms with E-state index in [1.54, 1.807) is 19.2 Å². The number of likely N-dealkylation sites (tertiary alicyclic amines) is 1. The van der Waals surface area contributed by atoms with Gasteiger partial charge in [-0.05, 0) is 43.9 Å². The molecule has 0 amide bonds. The Morgan fingerprint density at radius 2 is 1.89 bits per heavy atom. The van der Waals surface area contributed by atoms with Crippen molar-refractivity contribution >= 4 is 15.8 Å². The van der Waals surface area contributed by atoms with Crippen LogP contribution < -0.4 is 10.6 Å². The summed E-state index contributed by atoms with van der Waals surface area (Å²) < 4.78 is 23.0. The Morgan fingerprint density at radius 3 is 2.41 bits per heavy atom. The van der Waals surface area contributed by atoms with Gasteiger partial charge < -0.3 is 10.6 Å². The number of aliphatic imine (C=N–C) groups is 1. The SMILES string of the molecule is C=C(C)CN1CCC(NC(=NC)NCCc2ccc(S(C)(=O)=O)cc2)CC1. The van der Waals surface area contributed by atoms with Gasteiger partial charge in [-0.25, -0.2) is 8.42 Å². The smallest absolute Gasteiger partial charge is 0.191 e. The molecule has 0 atom stereocenters. The molecule has 6 nitrogen and oxygen atoms in total. The largest absolute Gasteiger partial charge is 0.356 e. The second-order valence-corrected chi connectivity index (χ2v) is 9.33. The molecular weight excluding hydrogens is 360 g/mol. The minimum Gasteiger partial charge on any atom is -0.356 e. The lowest BCUT2D eigenvalue weighted by Gasteiger charge is -2.33. The summed E-state index contributed by atoms with van der Waals surface area (Å²) in [6.45, 7) is 9.94. The summed E-state index contributed by atoms with van der Waals surface area (Å²) in [6.07, 6.45) is 4.23. The van der Waals surface area contributed by atoms with Gasteiger partial charge in [0.25, 0.3) is 0 Å². The lowest BCUT2D eigenvalue weighted by Crippen LogP contribution is -2.49. The zero-order chi connectivity index (χ0) is 19.9. The topological polar surface area (TPSA) is 73.8 Å². The number of benzene rings is 1. The second kappa shape index (κ2) is 9.90. The van der Waals surface area contributed by atoms with Gasteiger partial charge in [0.2, 0.25) is 0 Å². The van der Waals surface area contributed by atoms with E-state index in [0.29, 0.717) is 10.9 Å². The Kier molecular flexibility index (Phi) is 7.86. The van der Waals surface area contributed by atoms with Gasteiger partial charge >= 0.3 is 0 Å². The number of hydrogen-bond acceptors (Lipinski definition) is 4. The van der Waals surface area contributed by atoms with E-state index in [9.17, 15) is 8.42 Å². The third-order valence-electron chi connectivity index (χ3n) is 4.70. The summed E-state index contributed by atoms with van der Waals surface area (Å²) in [5.41, 5.74) is 2.31. The fraction of sp³-hybridized carbons (Fsp3) is 0.550. The fourth-order valence-electron chi connectivity index (χ4n) is 3.23. The minimum absolute atomic E-state index is 0.356. The Hall–Kier alpha value is -1.86. The molecule has 1 saturated heterocycles. The molecule has 150 valence electrons. The average Bonchev–Trinajstić information content (AvgIpc) is 2.61. The highest BCUT2D eigenvalue weighted by molar-refractivity contribution is 7.90. The molecule has 1 aliphatic heterocycles. The van der Waals surface area contributed by atoms with Gasteiger partial charge in [0.05, 0.1) is 4.90 Å². The van der Waals surface area contributed by atoms with Crippen molar-refractivity contribution in [2.45, 2.75) is 37.1 Å². The lowest BCUT2D eigenvalue weighted by molar-refractivity contribution is 0.221. The van der Waals surface area contributed by atoms with Crippen LogP contribution in [0.25, 0.3) is 0 Å². The molecule has 27 heavy (non-hydrogen) atoms. The molecule has 1 fully saturated rings. The van der Waals surface area contributed by atoms with Gasteiger partial charge in [0, 0.05) is 45.5 Å². The number of nitrogens with one attached hydrogen (secondary N) is 2. The summed E-state index contributed by atoms with van der Waals surface area (Å²) in [5.74, 6) is 0.820. The monoisotopic (exact) mass is 392 g/mol. The molecule has 0 aliphatic carbocycles. The molecule has 2 rings (SSSR count). The van der Waals surface area contributed by atoms with Crippen LogP contribution >= 0.6 is 0 Å². The second-order valence-electron chi connectivity index (χ2n) is 7.32. The molecule has 1 aliphatic rings. The van der Waals surface area contributed by atoms with Crippen LogP contribution in [-0.4, -0.2) is 64.8 Å². The maximum atomic E-state index is 11.5. The molecule has 1 aromatic rings. The number of hydrogen-bond donors (Lipinski definition) is 2. The number of rotatable bonds is 7. The van der Waals surface area contributed by atoms with E-state index in [-0.39, 0.29) is 0 Å². The zero-order valence-electron chi connectivity index (χ0n) is 16.7. The maximum absolute atomic E-state index is 11.5. The van der Waals surface area contributed by atoms with Crippen molar-refractivity contribution in [3.05, 3.63) is 42.0 Å². The van der Waals surface area contributed by atoms with Crippen LogP contribution in [0.4, 0.5) is 0 Å². The zero-order valence-corrected chi connectivity index (χ0v) is 17.5. The quantitative estimate of drug-likeness (QED) is 0.421. The van der Waals surface area contributed by atoms with Crippen LogP contribution in [0.2, 0.25) is 0 Å². The van der Waals surface area contributed by atoms with E-state index in [4.69, 9.17) is 0 Å². The Bertz CT molecular complexity index is 749. The summed E-state index contributed by atoms with van der Waals surface area (Å²) in [5, 5.41) is 6.85. The molecule has 0 aromatic heterocycles. The van der Waals surface area contributed by atoms with Crippen LogP contribution in [0.15, 0.2) is 46.3 Å². The van der Waals surface area contributed by atoms with Crippen molar-refractivity contribution in [3.63, 3.8) is 0 Å². The highest BCUT2D eigenvalue weighted by atomic mass is 32.2. The average molecular weight is 393 g/mol. The first kappa shape index (κ1) is 21.4. The van der Waals surface area contributed by atoms with E-state index >= 15 is 0 Å². The summed E-state index contributed by atoms with van der Waals surface area (Å²) in [6, 6.07) is 7.50. The van der Waals surface area contributed by atoms with Gasteiger partial charge in [-0.15, -0.1) is 0 Å². The predicted molar refractivity (Wildman–Crippen MR) is 112 cm³/mol. The normalized spacial score (nSPS) is 16.9. The van der Waals surface area contributed by atoms with E-state index in [2.05, 4.69) is 34.0 Å². The van der Waals surface area contributed by atoms with Crippen LogP contribution in [0.1, 0.15) is 25.3 Å². The molecule has 7 heteroatoms. The van der Waals surface area contributed by atoms with Gasteiger partial charge in [-0.1, -0.05) is 24.3 Å². The highest BCUT2D eigenvalue weighted by Gasteiger charge is 2.19. The molecule has 0 bridgehead atoms. The van der Waals surface area contributed by atoms with Crippen molar-refractivity contribution in [2.24, 2.45) is 4.99 Å². The van der Waals surface area contributed by atoms with Crippen molar-refractivity contribution in [1.29, 1.82) is 0 Å². The summed E-state index contributed by atoms with van der Waals surface area (Å²) in [7, 11) is -1.35. The lowest BCUT2D eigenvalue weighted by atomic mass is 10.0. The number of guanidine groups is 1. The van der Waals surface area contributed by atoms with E-state index in [1.807, 2.05) is 12.1 Å². The number of sulfone groups is 1. The van der Waals surface area contributed by atoms with E-state index in [1.165, 1.54) is 11.8 Å². The molecular formula is C20H32N4O2S. The maximum Gasteiger partial charge on any atom is 0.191 e. The van der Waals surface area contributed by atoms with Gasteiger partial charge in [0.1, 0.15) is 0 Å². The van der Waals surface area contributed by atoms with Crippen LogP contribution in [0.5, 0.6) is 0 Å². The van der Waals surface area contributed by atoms with E-state index < -0.39 is 9.84 Å². The Morgan fingerprint density at radius 1 is 1.26 bits per heavy atom. The van der Waals surface area contributed by atoms with Gasteiger partial charge in [0.15, 0.2) is 15.8 Å². The predicted octanol–water partition coefficient (Wildman–Crippen LogP) is 1.84. The fourth-order valence-corrected chi connectivity index (χ4v) is 3.86. The van der Waals surface area contributed by atoms with Crippen molar-refractivity contribution < 1.29 is 8.42 Å².